The van der Waals surface area contributed by atoms with Crippen LogP contribution in [0.25, 0.3) is 0 Å². The quantitative estimate of drug-likeness (QED) is 0.388. The first-order chi connectivity index (χ1) is 12.0. The topological polar surface area (TPSA) is 117 Å². The van der Waals surface area contributed by atoms with Gasteiger partial charge >= 0.3 is 0 Å². The van der Waals surface area contributed by atoms with Crippen molar-refractivity contribution < 1.29 is 19.1 Å². The van der Waals surface area contributed by atoms with Crippen LogP contribution in [-0.2, 0) is 9.59 Å². The third-order valence-corrected chi connectivity index (χ3v) is 4.16. The normalized spacial score (nSPS) is 22.8. The van der Waals surface area contributed by atoms with Gasteiger partial charge in [-0.05, 0) is 5.56 Å². The Morgan fingerprint density at radius 2 is 1.84 bits per heavy atom. The average molecular weight is 337 g/mol. The second-order valence-corrected chi connectivity index (χ2v) is 5.61. The van der Waals surface area contributed by atoms with Crippen LogP contribution < -0.4 is 9.88 Å². The standard InChI is InChI=1S/C17H12N4O4/c18-10-13-14(11-5-4-6-12(9-11)21(24)25)15(17(23)19-16(13)22)20-7-2-1-3-8-20/h1-9,13-15H/p+1/t13-,14-,15+/m0/s1. The van der Waals surface area contributed by atoms with Crippen molar-refractivity contribution in [2.24, 2.45) is 5.92 Å². The summed E-state index contributed by atoms with van der Waals surface area (Å²) in [6.07, 6.45) is 3.30. The van der Waals surface area contributed by atoms with Crippen LogP contribution in [0.2, 0.25) is 0 Å². The number of hydrogen-bond acceptors (Lipinski definition) is 5. The van der Waals surface area contributed by atoms with Crippen molar-refractivity contribution in [3.63, 3.8) is 0 Å². The van der Waals surface area contributed by atoms with Crippen molar-refractivity contribution in [3.8, 4) is 6.07 Å². The number of hydrogen-bond donors (Lipinski definition) is 1. The molecule has 1 N–H and O–H groups in total. The van der Waals surface area contributed by atoms with E-state index in [0.717, 1.165) is 0 Å². The number of nitriles is 1. The molecule has 1 aromatic heterocycles. The summed E-state index contributed by atoms with van der Waals surface area (Å²) >= 11 is 0. The van der Waals surface area contributed by atoms with Gasteiger partial charge in [0.1, 0.15) is 5.92 Å². The van der Waals surface area contributed by atoms with Crippen LogP contribution in [0.15, 0.2) is 54.9 Å². The van der Waals surface area contributed by atoms with E-state index in [-0.39, 0.29) is 5.69 Å². The van der Waals surface area contributed by atoms with E-state index in [2.05, 4.69) is 5.32 Å². The van der Waals surface area contributed by atoms with E-state index in [0.29, 0.717) is 5.56 Å². The summed E-state index contributed by atoms with van der Waals surface area (Å²) in [5.41, 5.74) is 0.231. The Hall–Kier alpha value is -3.60. The number of rotatable bonds is 3. The number of imide groups is 1. The van der Waals surface area contributed by atoms with Crippen molar-refractivity contribution in [3.05, 3.63) is 70.5 Å². The molecule has 0 aliphatic carbocycles. The second kappa shape index (κ2) is 6.49. The minimum absolute atomic E-state index is 0.163. The lowest BCUT2D eigenvalue weighted by molar-refractivity contribution is -0.713. The monoisotopic (exact) mass is 337 g/mol. The van der Waals surface area contributed by atoms with Crippen molar-refractivity contribution in [1.29, 1.82) is 5.26 Å². The molecule has 2 amide bonds. The van der Waals surface area contributed by atoms with E-state index in [4.69, 9.17) is 0 Å². The highest BCUT2D eigenvalue weighted by atomic mass is 16.6. The zero-order valence-corrected chi connectivity index (χ0v) is 12.9. The van der Waals surface area contributed by atoms with Crippen LogP contribution in [0, 0.1) is 27.4 Å². The number of benzene rings is 1. The maximum absolute atomic E-state index is 12.5. The third kappa shape index (κ3) is 2.95. The third-order valence-electron chi connectivity index (χ3n) is 4.16. The lowest BCUT2D eigenvalue weighted by Gasteiger charge is -2.29. The Balaban J connectivity index is 2.16. The summed E-state index contributed by atoms with van der Waals surface area (Å²) in [7, 11) is 0. The number of pyridine rings is 1. The molecule has 8 heteroatoms. The minimum Gasteiger partial charge on any atom is -0.289 e. The Kier molecular flexibility index (Phi) is 4.22. The highest BCUT2D eigenvalue weighted by Gasteiger charge is 2.50. The van der Waals surface area contributed by atoms with Crippen molar-refractivity contribution >= 4 is 17.5 Å². The molecule has 1 saturated heterocycles. The van der Waals surface area contributed by atoms with Gasteiger partial charge in [-0.25, -0.2) is 0 Å². The summed E-state index contributed by atoms with van der Waals surface area (Å²) in [4.78, 5) is 35.1. The molecule has 0 spiro atoms. The molecule has 1 aliphatic rings. The van der Waals surface area contributed by atoms with Gasteiger partial charge in [-0.3, -0.25) is 25.0 Å². The van der Waals surface area contributed by atoms with Gasteiger partial charge in [0.15, 0.2) is 12.4 Å². The van der Waals surface area contributed by atoms with Crippen LogP contribution in [0.4, 0.5) is 5.69 Å². The molecule has 2 heterocycles. The van der Waals surface area contributed by atoms with Gasteiger partial charge in [-0.15, -0.1) is 0 Å². The van der Waals surface area contributed by atoms with E-state index in [1.165, 1.54) is 18.2 Å². The Morgan fingerprint density at radius 1 is 1.12 bits per heavy atom. The van der Waals surface area contributed by atoms with E-state index in [1.807, 2.05) is 6.07 Å². The van der Waals surface area contributed by atoms with Gasteiger partial charge < -0.3 is 0 Å². The molecule has 25 heavy (non-hydrogen) atoms. The molecule has 0 saturated carbocycles. The van der Waals surface area contributed by atoms with Crippen LogP contribution in [0.5, 0.6) is 0 Å². The lowest BCUT2D eigenvalue weighted by Crippen LogP contribution is -2.59. The first kappa shape index (κ1) is 16.3. The number of carbonyl (C=O) groups is 2. The van der Waals surface area contributed by atoms with Crippen molar-refractivity contribution in [2.75, 3.05) is 0 Å². The van der Waals surface area contributed by atoms with Crippen molar-refractivity contribution in [1.82, 2.24) is 5.32 Å². The average Bonchev–Trinajstić information content (AvgIpc) is 2.62. The van der Waals surface area contributed by atoms with Gasteiger partial charge in [0.05, 0.1) is 16.9 Å². The molecule has 124 valence electrons. The maximum Gasteiger partial charge on any atom is 0.296 e. The summed E-state index contributed by atoms with van der Waals surface area (Å²) in [6, 6.07) is 11.9. The number of nitro benzene ring substituents is 1. The Morgan fingerprint density at radius 3 is 2.48 bits per heavy atom. The number of nitrogens with one attached hydrogen (secondary N) is 1. The van der Waals surface area contributed by atoms with Gasteiger partial charge in [-0.2, -0.15) is 9.83 Å². The number of aromatic nitrogens is 1. The SMILES string of the molecule is N#C[C@@H]1C(=O)NC(=O)[C@H]([n+]2ccccc2)[C@H]1c1cccc([N+](=O)[O-])c1. The summed E-state index contributed by atoms with van der Waals surface area (Å²) in [6.45, 7) is 0. The fraction of sp³-hybridized carbons (Fsp3) is 0.176. The molecule has 1 aliphatic heterocycles. The number of nitrogens with zero attached hydrogens (tertiary/aromatic N) is 3. The fourth-order valence-corrected chi connectivity index (χ4v) is 3.06. The second-order valence-electron chi connectivity index (χ2n) is 5.61. The van der Waals surface area contributed by atoms with Gasteiger partial charge in [-0.1, -0.05) is 18.2 Å². The highest BCUT2D eigenvalue weighted by Crippen LogP contribution is 2.37. The maximum atomic E-state index is 12.5. The first-order valence-electron chi connectivity index (χ1n) is 7.47. The number of carbonyl (C=O) groups excluding carboxylic acids is 2. The molecule has 2 aromatic rings. The molecule has 1 aromatic carbocycles. The Labute approximate surface area is 142 Å². The molecule has 0 radical (unpaired) electrons. The first-order valence-corrected chi connectivity index (χ1v) is 7.47. The number of nitro groups is 1. The number of non-ortho nitro benzene ring substituents is 1. The van der Waals surface area contributed by atoms with Crippen LogP contribution >= 0.6 is 0 Å². The van der Waals surface area contributed by atoms with E-state index in [1.54, 1.807) is 41.2 Å². The fourth-order valence-electron chi connectivity index (χ4n) is 3.06. The molecule has 3 rings (SSSR count). The van der Waals surface area contributed by atoms with Crippen molar-refractivity contribution in [2.45, 2.75) is 12.0 Å². The molecular formula is C17H13N4O4+. The molecule has 1 fully saturated rings. The summed E-state index contributed by atoms with van der Waals surface area (Å²) in [5, 5.41) is 22.7. The van der Waals surface area contributed by atoms with E-state index < -0.39 is 34.6 Å². The molecule has 0 unspecified atom stereocenters. The summed E-state index contributed by atoms with van der Waals surface area (Å²) in [5.74, 6) is -3.23. The molecule has 8 nitrogen and oxygen atoms in total. The largest absolute Gasteiger partial charge is 0.296 e. The predicted molar refractivity (Wildman–Crippen MR) is 83.8 cm³/mol. The minimum atomic E-state index is -1.14. The van der Waals surface area contributed by atoms with E-state index >= 15 is 0 Å². The summed E-state index contributed by atoms with van der Waals surface area (Å²) < 4.78 is 1.59. The van der Waals surface area contributed by atoms with Crippen LogP contribution in [0.3, 0.4) is 0 Å². The number of amides is 2. The molecular weight excluding hydrogens is 324 g/mol. The zero-order valence-electron chi connectivity index (χ0n) is 12.9. The van der Waals surface area contributed by atoms with Crippen LogP contribution in [-0.4, -0.2) is 16.7 Å². The predicted octanol–water partition coefficient (Wildman–Crippen LogP) is 1.00. The van der Waals surface area contributed by atoms with Crippen LogP contribution in [0.1, 0.15) is 17.5 Å². The smallest absolute Gasteiger partial charge is 0.289 e. The zero-order chi connectivity index (χ0) is 18.0. The molecule has 0 bridgehead atoms. The van der Waals surface area contributed by atoms with Gasteiger partial charge in [0, 0.05) is 24.3 Å². The lowest BCUT2D eigenvalue weighted by atomic mass is 9.77. The highest BCUT2D eigenvalue weighted by molar-refractivity contribution is 6.02. The van der Waals surface area contributed by atoms with Gasteiger partial charge in [0.2, 0.25) is 11.9 Å². The number of piperidine rings is 1. The van der Waals surface area contributed by atoms with Gasteiger partial charge in [0.25, 0.3) is 11.6 Å². The Bertz CT molecular complexity index is 891. The van der Waals surface area contributed by atoms with E-state index in [9.17, 15) is 25.0 Å². The molecule has 3 atom stereocenters.